The van der Waals surface area contributed by atoms with Gasteiger partial charge in [-0.15, -0.1) is 11.3 Å². The lowest BCUT2D eigenvalue weighted by atomic mass is 10.1. The van der Waals surface area contributed by atoms with Gasteiger partial charge < -0.3 is 5.11 Å². The van der Waals surface area contributed by atoms with Crippen LogP contribution in [0.5, 0.6) is 0 Å². The number of hydrogen-bond acceptors (Lipinski definition) is 3. The van der Waals surface area contributed by atoms with E-state index >= 15 is 0 Å². The van der Waals surface area contributed by atoms with E-state index in [-0.39, 0.29) is 6.61 Å². The van der Waals surface area contributed by atoms with Crippen molar-refractivity contribution in [2.24, 2.45) is 0 Å². The maximum absolute atomic E-state index is 9.05. The molecule has 74 valence electrons. The fraction of sp³-hybridized carbons (Fsp3) is 0.0833. The highest BCUT2D eigenvalue weighted by Crippen LogP contribution is 2.28. The predicted molar refractivity (Wildman–Crippen MR) is 63.0 cm³/mol. The lowest BCUT2D eigenvalue weighted by Gasteiger charge is -2.01. The minimum absolute atomic E-state index is 0.0695. The van der Waals surface area contributed by atoms with Crippen LogP contribution in [-0.4, -0.2) is 10.1 Å². The summed E-state index contributed by atoms with van der Waals surface area (Å²) < 4.78 is 1.27. The molecule has 3 aromatic rings. The third kappa shape index (κ3) is 1.32. The van der Waals surface area contributed by atoms with Crippen molar-refractivity contribution in [3.63, 3.8) is 0 Å². The predicted octanol–water partition coefficient (Wildman–Crippen LogP) is 2.94. The molecule has 2 nitrogen and oxygen atoms in total. The fourth-order valence-electron chi connectivity index (χ4n) is 1.75. The molecule has 0 saturated heterocycles. The van der Waals surface area contributed by atoms with Crippen LogP contribution in [-0.2, 0) is 6.61 Å². The van der Waals surface area contributed by atoms with Gasteiger partial charge in [0.1, 0.15) is 0 Å². The zero-order chi connectivity index (χ0) is 10.3. The second kappa shape index (κ2) is 3.29. The number of pyridine rings is 1. The van der Waals surface area contributed by atoms with E-state index in [1.807, 2.05) is 24.4 Å². The van der Waals surface area contributed by atoms with Crippen LogP contribution in [0.2, 0.25) is 0 Å². The summed E-state index contributed by atoms with van der Waals surface area (Å²) in [7, 11) is 0. The first-order valence-electron chi connectivity index (χ1n) is 4.74. The van der Waals surface area contributed by atoms with Gasteiger partial charge in [-0.1, -0.05) is 12.1 Å². The van der Waals surface area contributed by atoms with Crippen LogP contribution in [0.25, 0.3) is 21.0 Å². The summed E-state index contributed by atoms with van der Waals surface area (Å²) in [5.41, 5.74) is 1.86. The number of hydrogen-bond donors (Lipinski definition) is 1. The Balaban J connectivity index is 2.44. The van der Waals surface area contributed by atoms with Crippen molar-refractivity contribution in [3.05, 3.63) is 41.4 Å². The van der Waals surface area contributed by atoms with Gasteiger partial charge in [0.15, 0.2) is 0 Å². The van der Waals surface area contributed by atoms with E-state index in [4.69, 9.17) is 5.11 Å². The third-order valence-electron chi connectivity index (χ3n) is 2.53. The smallest absolute Gasteiger partial charge is 0.0720 e. The van der Waals surface area contributed by atoms with Gasteiger partial charge in [0.05, 0.1) is 12.1 Å². The largest absolute Gasteiger partial charge is 0.392 e. The van der Waals surface area contributed by atoms with Crippen molar-refractivity contribution in [2.75, 3.05) is 0 Å². The Labute approximate surface area is 90.8 Å². The molecule has 0 atom stereocenters. The second-order valence-electron chi connectivity index (χ2n) is 3.47. The molecular formula is C12H9NOS. The Kier molecular flexibility index (Phi) is 1.94. The number of rotatable bonds is 1. The highest BCUT2D eigenvalue weighted by Gasteiger charge is 2.03. The normalized spacial score (nSPS) is 11.3. The van der Waals surface area contributed by atoms with Crippen LogP contribution >= 0.6 is 11.3 Å². The zero-order valence-electron chi connectivity index (χ0n) is 7.97. The van der Waals surface area contributed by atoms with Crippen LogP contribution in [0.4, 0.5) is 0 Å². The summed E-state index contributed by atoms with van der Waals surface area (Å²) in [5, 5.41) is 13.5. The van der Waals surface area contributed by atoms with Crippen molar-refractivity contribution in [1.29, 1.82) is 0 Å². The standard InChI is InChI=1S/C12H9NOS/c14-7-8-1-2-10-11(5-8)13-6-9-3-4-15-12(9)10/h1-6,14H,7H2. The SMILES string of the molecule is OCc1ccc2c(c1)ncc1ccsc12. The van der Waals surface area contributed by atoms with Crippen LogP contribution in [0, 0.1) is 0 Å². The summed E-state index contributed by atoms with van der Waals surface area (Å²) in [6, 6.07) is 8.00. The summed E-state index contributed by atoms with van der Waals surface area (Å²) in [5.74, 6) is 0. The number of nitrogens with zero attached hydrogens (tertiary/aromatic N) is 1. The molecule has 0 amide bonds. The van der Waals surface area contributed by atoms with Gasteiger partial charge in [0.25, 0.3) is 0 Å². The molecule has 0 spiro atoms. The Morgan fingerprint density at radius 3 is 3.07 bits per heavy atom. The molecule has 0 fully saturated rings. The average Bonchev–Trinajstić information content (AvgIpc) is 2.76. The number of aliphatic hydroxyl groups is 1. The van der Waals surface area contributed by atoms with Gasteiger partial charge >= 0.3 is 0 Å². The molecule has 2 heterocycles. The Morgan fingerprint density at radius 2 is 2.20 bits per heavy atom. The van der Waals surface area contributed by atoms with Gasteiger partial charge in [0.2, 0.25) is 0 Å². The summed E-state index contributed by atoms with van der Waals surface area (Å²) in [6.07, 6.45) is 1.88. The lowest BCUT2D eigenvalue weighted by molar-refractivity contribution is 0.282. The fourth-order valence-corrected chi connectivity index (χ4v) is 2.66. The molecule has 0 radical (unpaired) electrons. The second-order valence-corrected chi connectivity index (χ2v) is 4.39. The minimum atomic E-state index is 0.0695. The maximum Gasteiger partial charge on any atom is 0.0720 e. The van der Waals surface area contributed by atoms with Gasteiger partial charge in [-0.2, -0.15) is 0 Å². The molecule has 15 heavy (non-hydrogen) atoms. The van der Waals surface area contributed by atoms with Crippen LogP contribution in [0.3, 0.4) is 0 Å². The number of fused-ring (bicyclic) bond motifs is 3. The molecule has 0 aliphatic heterocycles. The van der Waals surface area contributed by atoms with Crippen molar-refractivity contribution < 1.29 is 5.11 Å². The molecule has 0 saturated carbocycles. The number of benzene rings is 1. The number of aromatic nitrogens is 1. The summed E-state index contributed by atoms with van der Waals surface area (Å²) >= 11 is 1.73. The molecule has 1 aromatic carbocycles. The van der Waals surface area contributed by atoms with Crippen LogP contribution < -0.4 is 0 Å². The van der Waals surface area contributed by atoms with E-state index in [0.717, 1.165) is 11.1 Å². The van der Waals surface area contributed by atoms with Crippen molar-refractivity contribution in [2.45, 2.75) is 6.61 Å². The molecule has 1 N–H and O–H groups in total. The van der Waals surface area contributed by atoms with Crippen molar-refractivity contribution in [3.8, 4) is 0 Å². The van der Waals surface area contributed by atoms with E-state index in [2.05, 4.69) is 16.4 Å². The number of aliphatic hydroxyl groups excluding tert-OH is 1. The van der Waals surface area contributed by atoms with Gasteiger partial charge in [-0.3, -0.25) is 4.98 Å². The highest BCUT2D eigenvalue weighted by molar-refractivity contribution is 7.18. The van der Waals surface area contributed by atoms with Crippen LogP contribution in [0.1, 0.15) is 5.56 Å². The first kappa shape index (κ1) is 8.83. The quantitative estimate of drug-likeness (QED) is 0.677. The average molecular weight is 215 g/mol. The Bertz CT molecular complexity index is 630. The maximum atomic E-state index is 9.05. The summed E-state index contributed by atoms with van der Waals surface area (Å²) in [4.78, 5) is 4.39. The van der Waals surface area contributed by atoms with Crippen molar-refractivity contribution in [1.82, 2.24) is 4.98 Å². The molecule has 0 bridgehead atoms. The van der Waals surface area contributed by atoms with Crippen molar-refractivity contribution >= 4 is 32.3 Å². The van der Waals surface area contributed by atoms with Gasteiger partial charge in [-0.05, 0) is 23.1 Å². The zero-order valence-corrected chi connectivity index (χ0v) is 8.79. The van der Waals surface area contributed by atoms with E-state index in [1.54, 1.807) is 11.3 Å². The van der Waals surface area contributed by atoms with E-state index in [1.165, 1.54) is 15.5 Å². The topological polar surface area (TPSA) is 33.1 Å². The highest BCUT2D eigenvalue weighted by atomic mass is 32.1. The summed E-state index contributed by atoms with van der Waals surface area (Å²) in [6.45, 7) is 0.0695. The molecule has 3 rings (SSSR count). The third-order valence-corrected chi connectivity index (χ3v) is 3.49. The van der Waals surface area contributed by atoms with E-state index < -0.39 is 0 Å². The van der Waals surface area contributed by atoms with Gasteiger partial charge in [0, 0.05) is 21.7 Å². The molecular weight excluding hydrogens is 206 g/mol. The van der Waals surface area contributed by atoms with Crippen LogP contribution in [0.15, 0.2) is 35.8 Å². The first-order valence-corrected chi connectivity index (χ1v) is 5.62. The minimum Gasteiger partial charge on any atom is -0.392 e. The van der Waals surface area contributed by atoms with Gasteiger partial charge in [-0.25, -0.2) is 0 Å². The molecule has 2 aromatic heterocycles. The molecule has 0 aliphatic rings. The number of thiophene rings is 1. The molecule has 3 heteroatoms. The van der Waals surface area contributed by atoms with E-state index in [9.17, 15) is 0 Å². The first-order chi connectivity index (χ1) is 7.38. The monoisotopic (exact) mass is 215 g/mol. The lowest BCUT2D eigenvalue weighted by Crippen LogP contribution is -1.84. The van der Waals surface area contributed by atoms with E-state index in [0.29, 0.717) is 0 Å². The molecule has 0 aliphatic carbocycles. The Morgan fingerprint density at radius 1 is 1.27 bits per heavy atom. The molecule has 0 unspecified atom stereocenters. The Hall–Kier alpha value is -1.45.